The molecule has 0 saturated carbocycles. The van der Waals surface area contributed by atoms with Crippen LogP contribution >= 0.6 is 34.5 Å². The summed E-state index contributed by atoms with van der Waals surface area (Å²) >= 11 is 13.9. The van der Waals surface area contributed by atoms with E-state index in [1.165, 1.54) is 0 Å². The lowest BCUT2D eigenvalue weighted by Gasteiger charge is -2.12. The minimum Gasteiger partial charge on any atom is -0.493 e. The summed E-state index contributed by atoms with van der Waals surface area (Å²) in [5, 5.41) is 12.3. The summed E-state index contributed by atoms with van der Waals surface area (Å²) in [4.78, 5) is 12.4. The number of hydrogen-bond donors (Lipinski definition) is 1. The number of halogens is 2. The molecule has 2 aromatic carbocycles. The number of amides is 1. The van der Waals surface area contributed by atoms with Gasteiger partial charge in [-0.3, -0.25) is 4.79 Å². The predicted octanol–water partition coefficient (Wildman–Crippen LogP) is 5.96. The van der Waals surface area contributed by atoms with Crippen LogP contribution in [0.15, 0.2) is 36.4 Å². The van der Waals surface area contributed by atoms with E-state index in [1.807, 2.05) is 38.1 Å². The van der Waals surface area contributed by atoms with Crippen molar-refractivity contribution in [1.82, 2.24) is 15.5 Å². The number of rotatable bonds is 9. The van der Waals surface area contributed by atoms with Crippen LogP contribution in [0.3, 0.4) is 0 Å². The third-order valence-electron chi connectivity index (χ3n) is 4.39. The molecule has 3 rings (SSSR count). The summed E-state index contributed by atoms with van der Waals surface area (Å²) in [5.41, 5.74) is 2.88. The van der Waals surface area contributed by atoms with Gasteiger partial charge >= 0.3 is 0 Å². The van der Waals surface area contributed by atoms with E-state index in [9.17, 15) is 4.79 Å². The van der Waals surface area contributed by atoms with Crippen LogP contribution in [0.2, 0.25) is 5.02 Å². The highest BCUT2D eigenvalue weighted by Crippen LogP contribution is 2.38. The monoisotopic (exact) mass is 491 g/mol. The second-order valence-electron chi connectivity index (χ2n) is 6.96. The third kappa shape index (κ3) is 6.22. The molecule has 1 heterocycles. The van der Waals surface area contributed by atoms with Crippen LogP contribution in [0.25, 0.3) is 11.1 Å². The number of ether oxygens (including phenoxy) is 2. The minimum absolute atomic E-state index is 0.234. The molecular formula is C23H23Cl2N3O3S. The normalized spacial score (nSPS) is 11.3. The molecule has 6 nitrogen and oxygen atoms in total. The predicted molar refractivity (Wildman–Crippen MR) is 130 cm³/mol. The molecule has 1 N–H and O–H groups in total. The number of nitrogens with zero attached hydrogens (tertiary/aromatic N) is 2. The Balaban J connectivity index is 1.71. The molecule has 0 saturated heterocycles. The van der Waals surface area contributed by atoms with Gasteiger partial charge in [-0.05, 0) is 42.7 Å². The van der Waals surface area contributed by atoms with Crippen molar-refractivity contribution in [2.75, 3.05) is 13.7 Å². The first-order chi connectivity index (χ1) is 15.4. The van der Waals surface area contributed by atoms with Crippen LogP contribution < -0.4 is 14.8 Å². The number of hydrogen-bond acceptors (Lipinski definition) is 6. The summed E-state index contributed by atoms with van der Waals surface area (Å²) < 4.78 is 11.1. The Kier molecular flexibility index (Phi) is 8.50. The quantitative estimate of drug-likeness (QED) is 0.399. The van der Waals surface area contributed by atoms with Gasteiger partial charge in [0.25, 0.3) is 5.91 Å². The topological polar surface area (TPSA) is 73.3 Å². The van der Waals surface area contributed by atoms with Gasteiger partial charge < -0.3 is 14.8 Å². The Morgan fingerprint density at radius 2 is 1.91 bits per heavy atom. The highest BCUT2D eigenvalue weighted by Gasteiger charge is 2.16. The second kappa shape index (κ2) is 11.3. The van der Waals surface area contributed by atoms with Gasteiger partial charge in [-0.25, -0.2) is 0 Å². The summed E-state index contributed by atoms with van der Waals surface area (Å²) in [5.74, 6) is 0.698. The molecule has 9 heteroatoms. The number of methoxy groups -OCH3 is 1. The summed E-state index contributed by atoms with van der Waals surface area (Å²) in [6.07, 6.45) is 2.54. The number of aromatic nitrogens is 2. The Morgan fingerprint density at radius 3 is 2.59 bits per heavy atom. The first-order valence-corrected chi connectivity index (χ1v) is 11.5. The first kappa shape index (κ1) is 24.0. The van der Waals surface area contributed by atoms with Crippen molar-refractivity contribution < 1.29 is 14.3 Å². The van der Waals surface area contributed by atoms with E-state index in [4.69, 9.17) is 32.7 Å². The van der Waals surface area contributed by atoms with Crippen LogP contribution in [-0.4, -0.2) is 29.8 Å². The Morgan fingerprint density at radius 1 is 1.19 bits per heavy atom. The highest BCUT2D eigenvalue weighted by molar-refractivity contribution is 7.15. The Bertz CT molecular complexity index is 1110. The summed E-state index contributed by atoms with van der Waals surface area (Å²) in [7, 11) is 1.55. The number of carbonyl (C=O) groups is 1. The molecule has 0 spiro atoms. The second-order valence-corrected chi connectivity index (χ2v) is 8.75. The van der Waals surface area contributed by atoms with Crippen molar-refractivity contribution in [2.24, 2.45) is 0 Å². The van der Waals surface area contributed by atoms with Gasteiger partial charge in [0, 0.05) is 6.54 Å². The fourth-order valence-electron chi connectivity index (χ4n) is 2.75. The van der Waals surface area contributed by atoms with Crippen molar-refractivity contribution in [3.05, 3.63) is 68.1 Å². The van der Waals surface area contributed by atoms with Gasteiger partial charge in [0.2, 0.25) is 5.01 Å². The maximum atomic E-state index is 12.4. The average Bonchev–Trinajstić information content (AvgIpc) is 3.28. The smallest absolute Gasteiger partial charge is 0.282 e. The molecule has 1 amide bonds. The van der Waals surface area contributed by atoms with Crippen LogP contribution in [0.1, 0.15) is 44.8 Å². The van der Waals surface area contributed by atoms with Crippen molar-refractivity contribution in [2.45, 2.75) is 26.8 Å². The van der Waals surface area contributed by atoms with Gasteiger partial charge in [-0.2, -0.15) is 0 Å². The van der Waals surface area contributed by atoms with Crippen LogP contribution in [0.5, 0.6) is 11.5 Å². The van der Waals surface area contributed by atoms with Gasteiger partial charge in [-0.1, -0.05) is 71.3 Å². The van der Waals surface area contributed by atoms with Gasteiger partial charge in [0.05, 0.1) is 23.8 Å². The van der Waals surface area contributed by atoms with E-state index in [1.54, 1.807) is 25.3 Å². The molecule has 0 unspecified atom stereocenters. The highest BCUT2D eigenvalue weighted by atomic mass is 35.5. The van der Waals surface area contributed by atoms with E-state index in [2.05, 4.69) is 15.5 Å². The van der Waals surface area contributed by atoms with E-state index in [-0.39, 0.29) is 10.9 Å². The Hall–Kier alpha value is -2.61. The average molecular weight is 492 g/mol. The van der Waals surface area contributed by atoms with Gasteiger partial charge in [0.1, 0.15) is 0 Å². The zero-order valence-electron chi connectivity index (χ0n) is 17.9. The van der Waals surface area contributed by atoms with Crippen molar-refractivity contribution in [3.8, 4) is 11.5 Å². The molecule has 0 fully saturated rings. The number of aryl methyl sites for hydroxylation is 1. The zero-order chi connectivity index (χ0) is 23.1. The molecule has 168 valence electrons. The molecule has 3 aromatic rings. The number of benzene rings is 2. The molecular weight excluding hydrogens is 469 g/mol. The molecule has 0 aliphatic rings. The minimum atomic E-state index is -0.305. The maximum Gasteiger partial charge on any atom is 0.282 e. The molecule has 1 aromatic heterocycles. The Labute approximate surface area is 201 Å². The lowest BCUT2D eigenvalue weighted by atomic mass is 10.1. The van der Waals surface area contributed by atoms with Gasteiger partial charge in [-0.15, -0.1) is 10.2 Å². The fourth-order valence-corrected chi connectivity index (χ4v) is 3.97. The van der Waals surface area contributed by atoms with Crippen molar-refractivity contribution in [3.63, 3.8) is 0 Å². The lowest BCUT2D eigenvalue weighted by molar-refractivity contribution is 0.0950. The SMILES string of the molecule is CCCOc1c(Cl)cc(/C=C(\Cl)c2nnc(C(=O)NCc3ccc(C)cc3)s2)cc1OC. The zero-order valence-corrected chi connectivity index (χ0v) is 20.3. The van der Waals surface area contributed by atoms with E-state index in [0.29, 0.717) is 45.3 Å². The molecule has 0 atom stereocenters. The first-order valence-electron chi connectivity index (χ1n) is 9.96. The van der Waals surface area contributed by atoms with Crippen LogP contribution in [0, 0.1) is 6.92 Å². The maximum absolute atomic E-state index is 12.4. The fraction of sp³-hybridized carbons (Fsp3) is 0.261. The molecule has 0 radical (unpaired) electrons. The molecule has 32 heavy (non-hydrogen) atoms. The van der Waals surface area contributed by atoms with E-state index >= 15 is 0 Å². The molecule has 0 aliphatic carbocycles. The standard InChI is InChI=1S/C23H23Cl2N3O3S/c1-4-9-31-20-17(24)10-16(12-19(20)30-3)11-18(25)22-27-28-23(32-22)21(29)26-13-15-7-5-14(2)6-8-15/h5-8,10-12H,4,9,13H2,1-3H3,(H,26,29)/b18-11-. The largest absolute Gasteiger partial charge is 0.493 e. The van der Waals surface area contributed by atoms with Crippen molar-refractivity contribution in [1.29, 1.82) is 0 Å². The van der Waals surface area contributed by atoms with E-state index < -0.39 is 0 Å². The third-order valence-corrected chi connectivity index (χ3v) is 6.03. The number of nitrogens with one attached hydrogen (secondary N) is 1. The summed E-state index contributed by atoms with van der Waals surface area (Å²) in [6.45, 7) is 4.96. The van der Waals surface area contributed by atoms with Gasteiger partial charge in [0.15, 0.2) is 16.5 Å². The molecule has 0 aliphatic heterocycles. The molecule has 0 bridgehead atoms. The van der Waals surface area contributed by atoms with Crippen molar-refractivity contribution >= 4 is 51.6 Å². The lowest BCUT2D eigenvalue weighted by Crippen LogP contribution is -2.22. The van der Waals surface area contributed by atoms with E-state index in [0.717, 1.165) is 28.9 Å². The summed E-state index contributed by atoms with van der Waals surface area (Å²) in [6, 6.07) is 11.4. The van der Waals surface area contributed by atoms with Crippen LogP contribution in [-0.2, 0) is 6.54 Å². The number of carbonyl (C=O) groups excluding carboxylic acids is 1. The van der Waals surface area contributed by atoms with Crippen LogP contribution in [0.4, 0.5) is 0 Å².